The molecule has 2 aromatic heterocycles. The van der Waals surface area contributed by atoms with E-state index in [-0.39, 0.29) is 6.04 Å². The van der Waals surface area contributed by atoms with Crippen molar-refractivity contribution in [1.29, 1.82) is 0 Å². The highest BCUT2D eigenvalue weighted by atomic mass is 16.5. The molecule has 2 aromatic rings. The van der Waals surface area contributed by atoms with Gasteiger partial charge in [0.15, 0.2) is 0 Å². The van der Waals surface area contributed by atoms with Crippen LogP contribution in [0.4, 0.5) is 5.82 Å². The Hall–Kier alpha value is -1.99. The fraction of sp³-hybridized carbons (Fsp3) is 0.533. The second-order valence-electron chi connectivity index (χ2n) is 5.49. The highest BCUT2D eigenvalue weighted by Gasteiger charge is 2.28. The zero-order valence-electron chi connectivity index (χ0n) is 13.2. The number of aromatic nitrogens is 3. The second-order valence-corrected chi connectivity index (χ2v) is 5.49. The number of ether oxygens (including phenoxy) is 1. The summed E-state index contributed by atoms with van der Waals surface area (Å²) in [6.45, 7) is 6.69. The molecule has 1 unspecified atom stereocenters. The molecule has 0 aromatic carbocycles. The topological polar surface area (TPSA) is 76.3 Å². The van der Waals surface area contributed by atoms with Crippen molar-refractivity contribution >= 4 is 5.82 Å². The molecule has 0 saturated carbocycles. The summed E-state index contributed by atoms with van der Waals surface area (Å²) in [7, 11) is 1.86. The normalized spacial score (nSPS) is 19.3. The summed E-state index contributed by atoms with van der Waals surface area (Å²) in [6, 6.07) is 3.92. The van der Waals surface area contributed by atoms with Gasteiger partial charge in [0.25, 0.3) is 0 Å². The predicted octanol–water partition coefficient (Wildman–Crippen LogP) is 1.70. The van der Waals surface area contributed by atoms with Crippen molar-refractivity contribution < 1.29 is 9.26 Å². The Labute approximate surface area is 129 Å². The molecule has 1 saturated heterocycles. The lowest BCUT2D eigenvalue weighted by Crippen LogP contribution is -2.40. The average Bonchev–Trinajstić information content (AvgIpc) is 2.92. The van der Waals surface area contributed by atoms with Crippen molar-refractivity contribution in [2.75, 3.05) is 32.1 Å². The van der Waals surface area contributed by atoms with Crippen LogP contribution in [0.2, 0.25) is 0 Å². The molecular weight excluding hydrogens is 282 g/mol. The van der Waals surface area contributed by atoms with E-state index in [1.807, 2.05) is 33.0 Å². The molecule has 0 radical (unpaired) electrons. The Morgan fingerprint density at radius 1 is 1.32 bits per heavy atom. The summed E-state index contributed by atoms with van der Waals surface area (Å²) in [5.41, 5.74) is 1.86. The molecular formula is C15H21N5O2. The van der Waals surface area contributed by atoms with E-state index in [0.717, 1.165) is 35.3 Å². The molecule has 7 nitrogen and oxygen atoms in total. The fourth-order valence-corrected chi connectivity index (χ4v) is 2.63. The van der Waals surface area contributed by atoms with Crippen LogP contribution < -0.4 is 5.32 Å². The van der Waals surface area contributed by atoms with Gasteiger partial charge in [0, 0.05) is 38.0 Å². The van der Waals surface area contributed by atoms with Crippen molar-refractivity contribution in [3.8, 4) is 0 Å². The molecule has 1 atom stereocenters. The molecule has 1 fully saturated rings. The molecule has 1 aliphatic heterocycles. The lowest BCUT2D eigenvalue weighted by Gasteiger charge is -2.34. The summed E-state index contributed by atoms with van der Waals surface area (Å²) in [4.78, 5) is 11.5. The maximum atomic E-state index is 5.64. The minimum absolute atomic E-state index is 0.0257. The average molecular weight is 303 g/mol. The Morgan fingerprint density at radius 2 is 2.18 bits per heavy atom. The minimum Gasteiger partial charge on any atom is -0.378 e. The van der Waals surface area contributed by atoms with Crippen molar-refractivity contribution in [2.24, 2.45) is 0 Å². The van der Waals surface area contributed by atoms with Crippen molar-refractivity contribution in [3.63, 3.8) is 0 Å². The maximum absolute atomic E-state index is 5.64. The number of hydrogen-bond donors (Lipinski definition) is 1. The highest BCUT2D eigenvalue weighted by molar-refractivity contribution is 5.35. The number of rotatable bonds is 4. The van der Waals surface area contributed by atoms with Crippen LogP contribution in [-0.4, -0.2) is 46.8 Å². The number of hydrogen-bond acceptors (Lipinski definition) is 7. The van der Waals surface area contributed by atoms with Gasteiger partial charge in [0.1, 0.15) is 17.4 Å². The number of nitrogens with one attached hydrogen (secondary N) is 1. The number of nitrogens with zero attached hydrogens (tertiary/aromatic N) is 4. The third-order valence-electron chi connectivity index (χ3n) is 3.71. The molecule has 0 bridgehead atoms. The van der Waals surface area contributed by atoms with E-state index in [1.54, 1.807) is 0 Å². The third-order valence-corrected chi connectivity index (χ3v) is 3.71. The van der Waals surface area contributed by atoms with Crippen LogP contribution in [0.3, 0.4) is 0 Å². The quantitative estimate of drug-likeness (QED) is 0.921. The predicted molar refractivity (Wildman–Crippen MR) is 81.5 cm³/mol. The largest absolute Gasteiger partial charge is 0.378 e. The van der Waals surface area contributed by atoms with Crippen molar-refractivity contribution in [3.05, 3.63) is 35.1 Å². The van der Waals surface area contributed by atoms with Crippen molar-refractivity contribution in [2.45, 2.75) is 26.4 Å². The van der Waals surface area contributed by atoms with Gasteiger partial charge in [-0.2, -0.15) is 0 Å². The Balaban J connectivity index is 1.84. The summed E-state index contributed by atoms with van der Waals surface area (Å²) in [6.07, 6.45) is 0. The van der Waals surface area contributed by atoms with Crippen LogP contribution in [0, 0.1) is 13.8 Å². The van der Waals surface area contributed by atoms with E-state index in [2.05, 4.69) is 25.3 Å². The van der Waals surface area contributed by atoms with Crippen LogP contribution in [0.5, 0.6) is 0 Å². The zero-order valence-corrected chi connectivity index (χ0v) is 13.2. The Bertz CT molecular complexity index is 643. The molecule has 22 heavy (non-hydrogen) atoms. The first-order valence-corrected chi connectivity index (χ1v) is 7.43. The molecule has 118 valence electrons. The SMILES string of the molecule is CNc1cc(C)nc(C2COCCN2Cc2cc(C)on2)n1. The zero-order chi connectivity index (χ0) is 15.5. The van der Waals surface area contributed by atoms with Gasteiger partial charge in [-0.1, -0.05) is 5.16 Å². The van der Waals surface area contributed by atoms with Gasteiger partial charge in [-0.25, -0.2) is 9.97 Å². The van der Waals surface area contributed by atoms with Crippen LogP contribution in [0.25, 0.3) is 0 Å². The second kappa shape index (κ2) is 6.41. The lowest BCUT2D eigenvalue weighted by atomic mass is 10.2. The third kappa shape index (κ3) is 3.26. The summed E-state index contributed by atoms with van der Waals surface area (Å²) < 4.78 is 10.8. The number of anilines is 1. The summed E-state index contributed by atoms with van der Waals surface area (Å²) >= 11 is 0. The first-order valence-electron chi connectivity index (χ1n) is 7.43. The van der Waals surface area contributed by atoms with E-state index in [4.69, 9.17) is 9.26 Å². The van der Waals surface area contributed by atoms with E-state index >= 15 is 0 Å². The molecule has 0 spiro atoms. The van der Waals surface area contributed by atoms with Gasteiger partial charge >= 0.3 is 0 Å². The molecule has 7 heteroatoms. The van der Waals surface area contributed by atoms with Gasteiger partial charge in [0.05, 0.1) is 24.9 Å². The van der Waals surface area contributed by atoms with Gasteiger partial charge < -0.3 is 14.6 Å². The lowest BCUT2D eigenvalue weighted by molar-refractivity contribution is -0.0168. The molecule has 0 amide bonds. The minimum atomic E-state index is 0.0257. The van der Waals surface area contributed by atoms with E-state index < -0.39 is 0 Å². The first-order chi connectivity index (χ1) is 10.7. The number of morpholine rings is 1. The first kappa shape index (κ1) is 14.9. The van der Waals surface area contributed by atoms with Gasteiger partial charge in [-0.3, -0.25) is 4.90 Å². The molecule has 3 rings (SSSR count). The monoisotopic (exact) mass is 303 g/mol. The molecule has 1 N–H and O–H groups in total. The van der Waals surface area contributed by atoms with Crippen LogP contribution in [0.1, 0.15) is 29.0 Å². The van der Waals surface area contributed by atoms with Crippen LogP contribution in [-0.2, 0) is 11.3 Å². The van der Waals surface area contributed by atoms with Gasteiger partial charge in [-0.05, 0) is 13.8 Å². The van der Waals surface area contributed by atoms with Crippen molar-refractivity contribution in [1.82, 2.24) is 20.0 Å². The molecule has 1 aliphatic rings. The standard InChI is InChI=1S/C15H21N5O2/c1-10-6-14(16-3)18-15(17-10)13-9-21-5-4-20(13)8-12-7-11(2)22-19-12/h6-7,13H,4-5,8-9H2,1-3H3,(H,16,17,18). The summed E-state index contributed by atoms with van der Waals surface area (Å²) in [5, 5.41) is 7.16. The van der Waals surface area contributed by atoms with Crippen LogP contribution in [0.15, 0.2) is 16.7 Å². The number of aryl methyl sites for hydroxylation is 2. The van der Waals surface area contributed by atoms with Gasteiger partial charge in [-0.15, -0.1) is 0 Å². The van der Waals surface area contributed by atoms with Gasteiger partial charge in [0.2, 0.25) is 0 Å². The maximum Gasteiger partial charge on any atom is 0.150 e. The Kier molecular flexibility index (Phi) is 4.35. The van der Waals surface area contributed by atoms with E-state index in [0.29, 0.717) is 19.8 Å². The van der Waals surface area contributed by atoms with Crippen LogP contribution >= 0.6 is 0 Å². The molecule has 0 aliphatic carbocycles. The highest BCUT2D eigenvalue weighted by Crippen LogP contribution is 2.24. The van der Waals surface area contributed by atoms with E-state index in [1.165, 1.54) is 0 Å². The smallest absolute Gasteiger partial charge is 0.150 e. The fourth-order valence-electron chi connectivity index (χ4n) is 2.63. The Morgan fingerprint density at radius 3 is 2.91 bits per heavy atom. The summed E-state index contributed by atoms with van der Waals surface area (Å²) in [5.74, 6) is 2.43. The molecule has 3 heterocycles. The van der Waals surface area contributed by atoms with E-state index in [9.17, 15) is 0 Å².